The molecule has 0 spiro atoms. The molecule has 5 nitrogen and oxygen atoms in total. The van der Waals surface area contributed by atoms with Crippen molar-refractivity contribution in [3.05, 3.63) is 40.4 Å². The number of nitrogens with zero attached hydrogens (tertiary/aromatic N) is 2. The Bertz CT molecular complexity index is 696. The first-order valence-electron chi connectivity index (χ1n) is 7.63. The van der Waals surface area contributed by atoms with Gasteiger partial charge in [0.1, 0.15) is 12.4 Å². The zero-order valence-corrected chi connectivity index (χ0v) is 16.3. The van der Waals surface area contributed by atoms with Gasteiger partial charge < -0.3 is 10.1 Å². The SMILES string of the molecule is CNCCOCc1nc2ccccc2c(=O)n1CC(C)(C)C.Cl.Cl. The second-order valence-electron chi connectivity index (χ2n) is 6.65. The molecule has 0 aliphatic carbocycles. The molecule has 0 aliphatic heterocycles. The van der Waals surface area contributed by atoms with Gasteiger partial charge in [-0.25, -0.2) is 4.98 Å². The van der Waals surface area contributed by atoms with Crippen molar-refractivity contribution < 1.29 is 4.74 Å². The summed E-state index contributed by atoms with van der Waals surface area (Å²) in [5, 5.41) is 3.69. The molecule has 1 heterocycles. The predicted molar refractivity (Wildman–Crippen MR) is 104 cm³/mol. The molecule has 1 N–H and O–H groups in total. The topological polar surface area (TPSA) is 56.1 Å². The monoisotopic (exact) mass is 375 g/mol. The van der Waals surface area contributed by atoms with Crippen LogP contribution in [0.5, 0.6) is 0 Å². The zero-order chi connectivity index (χ0) is 16.2. The summed E-state index contributed by atoms with van der Waals surface area (Å²) >= 11 is 0. The van der Waals surface area contributed by atoms with Crippen LogP contribution < -0.4 is 10.9 Å². The summed E-state index contributed by atoms with van der Waals surface area (Å²) in [6, 6.07) is 7.47. The number of nitrogens with one attached hydrogen (secondary N) is 1. The number of fused-ring (bicyclic) bond motifs is 1. The van der Waals surface area contributed by atoms with Crippen molar-refractivity contribution in [1.29, 1.82) is 0 Å². The lowest BCUT2D eigenvalue weighted by atomic mass is 9.96. The maximum atomic E-state index is 12.8. The van der Waals surface area contributed by atoms with E-state index in [1.165, 1.54) is 0 Å². The van der Waals surface area contributed by atoms with E-state index in [0.717, 1.165) is 12.1 Å². The molecule has 2 aromatic rings. The number of hydrogen-bond donors (Lipinski definition) is 1. The van der Waals surface area contributed by atoms with Crippen LogP contribution in [0.1, 0.15) is 26.6 Å². The molecule has 0 amide bonds. The molecule has 1 aromatic carbocycles. The summed E-state index contributed by atoms with van der Waals surface area (Å²) in [5.41, 5.74) is 0.728. The highest BCUT2D eigenvalue weighted by Crippen LogP contribution is 2.17. The van der Waals surface area contributed by atoms with Crippen LogP contribution in [-0.2, 0) is 17.9 Å². The van der Waals surface area contributed by atoms with E-state index in [0.29, 0.717) is 31.0 Å². The molecule has 0 fully saturated rings. The standard InChI is InChI=1S/C17H25N3O2.2ClH/c1-17(2,3)12-20-15(11-22-10-9-18-4)19-14-8-6-5-7-13(14)16(20)21;;/h5-8,18H,9-12H2,1-4H3;2*1H. The highest BCUT2D eigenvalue weighted by Gasteiger charge is 2.17. The van der Waals surface area contributed by atoms with Crippen molar-refractivity contribution in [2.45, 2.75) is 33.9 Å². The lowest BCUT2D eigenvalue weighted by Crippen LogP contribution is -2.31. The first kappa shape index (κ1) is 22.9. The minimum absolute atomic E-state index is 0. The van der Waals surface area contributed by atoms with Crippen LogP contribution in [-0.4, -0.2) is 29.8 Å². The number of para-hydroxylation sites is 1. The number of rotatable bonds is 6. The van der Waals surface area contributed by atoms with Crippen molar-refractivity contribution in [2.24, 2.45) is 5.41 Å². The van der Waals surface area contributed by atoms with Gasteiger partial charge in [0.25, 0.3) is 5.56 Å². The van der Waals surface area contributed by atoms with Gasteiger partial charge in [-0.15, -0.1) is 24.8 Å². The van der Waals surface area contributed by atoms with Crippen LogP contribution in [0.15, 0.2) is 29.1 Å². The van der Waals surface area contributed by atoms with Crippen LogP contribution in [0.2, 0.25) is 0 Å². The van der Waals surface area contributed by atoms with Crippen molar-refractivity contribution in [3.63, 3.8) is 0 Å². The highest BCUT2D eigenvalue weighted by atomic mass is 35.5. The van der Waals surface area contributed by atoms with Crippen LogP contribution in [0.4, 0.5) is 0 Å². The number of benzene rings is 1. The first-order valence-corrected chi connectivity index (χ1v) is 7.63. The van der Waals surface area contributed by atoms with E-state index in [-0.39, 0.29) is 35.8 Å². The summed E-state index contributed by atoms with van der Waals surface area (Å²) < 4.78 is 7.39. The number of aromatic nitrogens is 2. The Kier molecular flexibility index (Phi) is 9.51. The molecule has 0 aliphatic rings. The minimum Gasteiger partial charge on any atom is -0.372 e. The molecule has 0 bridgehead atoms. The molecule has 0 saturated carbocycles. The van der Waals surface area contributed by atoms with Crippen molar-refractivity contribution >= 4 is 35.7 Å². The predicted octanol–water partition coefficient (Wildman–Crippen LogP) is 3.02. The van der Waals surface area contributed by atoms with E-state index in [4.69, 9.17) is 4.74 Å². The Balaban J connectivity index is 0.00000264. The lowest BCUT2D eigenvalue weighted by Gasteiger charge is -2.22. The van der Waals surface area contributed by atoms with Gasteiger partial charge in [-0.05, 0) is 24.6 Å². The van der Waals surface area contributed by atoms with Crippen molar-refractivity contribution in [2.75, 3.05) is 20.2 Å². The Morgan fingerprint density at radius 1 is 1.21 bits per heavy atom. The maximum absolute atomic E-state index is 12.8. The molecule has 2 rings (SSSR count). The summed E-state index contributed by atoms with van der Waals surface area (Å²) in [6.07, 6.45) is 0. The van der Waals surface area contributed by atoms with E-state index < -0.39 is 0 Å². The van der Waals surface area contributed by atoms with Gasteiger partial charge in [0.05, 0.1) is 17.5 Å². The van der Waals surface area contributed by atoms with Crippen molar-refractivity contribution in [1.82, 2.24) is 14.9 Å². The number of likely N-dealkylation sites (N-methyl/N-ethyl adjacent to an activating group) is 1. The van der Waals surface area contributed by atoms with Crippen LogP contribution in [0.3, 0.4) is 0 Å². The maximum Gasteiger partial charge on any atom is 0.261 e. The molecule has 1 aromatic heterocycles. The minimum atomic E-state index is -0.00626. The van der Waals surface area contributed by atoms with E-state index in [1.54, 1.807) is 4.57 Å². The van der Waals surface area contributed by atoms with Gasteiger partial charge in [-0.2, -0.15) is 0 Å². The second kappa shape index (κ2) is 9.99. The molecule has 0 atom stereocenters. The molecular weight excluding hydrogens is 349 g/mol. The van der Waals surface area contributed by atoms with Gasteiger partial charge in [-0.1, -0.05) is 32.9 Å². The summed E-state index contributed by atoms with van der Waals surface area (Å²) in [7, 11) is 1.88. The van der Waals surface area contributed by atoms with Gasteiger partial charge in [0, 0.05) is 13.1 Å². The first-order chi connectivity index (χ1) is 10.4. The van der Waals surface area contributed by atoms with Gasteiger partial charge in [0.15, 0.2) is 0 Å². The average Bonchev–Trinajstić information content (AvgIpc) is 2.46. The van der Waals surface area contributed by atoms with Crippen LogP contribution in [0.25, 0.3) is 10.9 Å². The third-order valence-electron chi connectivity index (χ3n) is 3.30. The molecule has 24 heavy (non-hydrogen) atoms. The van der Waals surface area contributed by atoms with Crippen LogP contribution in [0, 0.1) is 5.41 Å². The fourth-order valence-corrected chi connectivity index (χ4v) is 2.30. The Morgan fingerprint density at radius 3 is 2.50 bits per heavy atom. The second-order valence-corrected chi connectivity index (χ2v) is 6.65. The molecule has 0 unspecified atom stereocenters. The zero-order valence-electron chi connectivity index (χ0n) is 14.7. The smallest absolute Gasteiger partial charge is 0.261 e. The van der Waals surface area contributed by atoms with E-state index in [2.05, 4.69) is 31.1 Å². The van der Waals surface area contributed by atoms with Gasteiger partial charge >= 0.3 is 0 Å². The summed E-state index contributed by atoms with van der Waals surface area (Å²) in [5.74, 6) is 0.690. The number of ether oxygens (including phenoxy) is 1. The Hall–Kier alpha value is -1.14. The number of halogens is 2. The van der Waals surface area contributed by atoms with E-state index >= 15 is 0 Å². The average molecular weight is 376 g/mol. The van der Waals surface area contributed by atoms with E-state index in [1.807, 2.05) is 31.3 Å². The molecule has 136 valence electrons. The largest absolute Gasteiger partial charge is 0.372 e. The van der Waals surface area contributed by atoms with Crippen molar-refractivity contribution in [3.8, 4) is 0 Å². The van der Waals surface area contributed by atoms with Gasteiger partial charge in [-0.3, -0.25) is 9.36 Å². The Labute approximate surface area is 155 Å². The molecule has 7 heteroatoms. The lowest BCUT2D eigenvalue weighted by molar-refractivity contribution is 0.113. The molecule has 0 saturated heterocycles. The fraction of sp³-hybridized carbons (Fsp3) is 0.529. The summed E-state index contributed by atoms with van der Waals surface area (Å²) in [4.78, 5) is 17.4. The highest BCUT2D eigenvalue weighted by molar-refractivity contribution is 5.85. The Morgan fingerprint density at radius 2 is 1.88 bits per heavy atom. The molecule has 0 radical (unpaired) electrons. The van der Waals surface area contributed by atoms with Gasteiger partial charge in [0.2, 0.25) is 0 Å². The normalized spacial score (nSPS) is 11.0. The fourth-order valence-electron chi connectivity index (χ4n) is 2.30. The van der Waals surface area contributed by atoms with E-state index in [9.17, 15) is 4.79 Å². The third kappa shape index (κ3) is 6.06. The molecular formula is C17H27Cl2N3O2. The summed E-state index contributed by atoms with van der Waals surface area (Å²) in [6.45, 7) is 8.67. The quantitative estimate of drug-likeness (QED) is 0.788. The number of hydrogen-bond acceptors (Lipinski definition) is 4. The van der Waals surface area contributed by atoms with Crippen LogP contribution >= 0.6 is 24.8 Å². The third-order valence-corrected chi connectivity index (χ3v) is 3.30.